The van der Waals surface area contributed by atoms with Gasteiger partial charge in [-0.15, -0.1) is 0 Å². The molecule has 2 heterocycles. The molecule has 4 heteroatoms. The molecule has 0 bridgehead atoms. The molecule has 0 fully saturated rings. The van der Waals surface area contributed by atoms with Crippen molar-refractivity contribution in [2.24, 2.45) is 0 Å². The van der Waals surface area contributed by atoms with Crippen molar-refractivity contribution in [3.8, 4) is 0 Å². The Hall–Kier alpha value is -1.64. The minimum absolute atomic E-state index is 0.444. The van der Waals surface area contributed by atoms with Crippen LogP contribution in [0, 0.1) is 0 Å². The van der Waals surface area contributed by atoms with Crippen LogP contribution in [0.2, 0.25) is 0 Å². The van der Waals surface area contributed by atoms with Gasteiger partial charge in [-0.05, 0) is 0 Å². The molecule has 84 valence electrons. The number of aromatic nitrogens is 3. The molecule has 0 saturated heterocycles. The van der Waals surface area contributed by atoms with Gasteiger partial charge in [0.05, 0.1) is 0 Å². The van der Waals surface area contributed by atoms with Gasteiger partial charge in [0, 0.05) is 0 Å². The summed E-state index contributed by atoms with van der Waals surface area (Å²) in [5.74, 6) is 0.784. The Balaban J connectivity index is 1.77. The Morgan fingerprint density at radius 3 is 2.82 bits per heavy atom. The second kappa shape index (κ2) is 4.70. The average Bonchev–Trinajstić information content (AvgIpc) is 2.80. The summed E-state index contributed by atoms with van der Waals surface area (Å²) >= 11 is 0.444. The predicted octanol–water partition coefficient (Wildman–Crippen LogP) is 1.26. The van der Waals surface area contributed by atoms with E-state index in [2.05, 4.69) is 46.5 Å². The quantitative estimate of drug-likeness (QED) is 0.679. The van der Waals surface area contributed by atoms with E-state index in [9.17, 15) is 0 Å². The van der Waals surface area contributed by atoms with Crippen molar-refractivity contribution >= 4 is 25.2 Å². The van der Waals surface area contributed by atoms with Gasteiger partial charge in [0.25, 0.3) is 0 Å². The van der Waals surface area contributed by atoms with Gasteiger partial charge < -0.3 is 0 Å². The van der Waals surface area contributed by atoms with Gasteiger partial charge in [-0.2, -0.15) is 0 Å². The molecule has 0 aliphatic heterocycles. The molecule has 0 radical (unpaired) electrons. The molecule has 0 saturated carbocycles. The summed E-state index contributed by atoms with van der Waals surface area (Å²) in [6, 6.07) is 12.5. The minimum atomic E-state index is 0.444. The van der Waals surface area contributed by atoms with E-state index in [0.29, 0.717) is 15.0 Å². The van der Waals surface area contributed by atoms with Gasteiger partial charge in [-0.25, -0.2) is 0 Å². The fraction of sp³-hybridized carbons (Fsp3) is 0.0769. The second-order valence-electron chi connectivity index (χ2n) is 3.66. The van der Waals surface area contributed by atoms with E-state index >= 15 is 0 Å². The molecular formula is C13H11N3Se. The Labute approximate surface area is 106 Å². The first-order valence-electron chi connectivity index (χ1n) is 5.38. The summed E-state index contributed by atoms with van der Waals surface area (Å²) in [5, 5.41) is 1.01. The van der Waals surface area contributed by atoms with Crippen LogP contribution in [0.3, 0.4) is 0 Å². The van der Waals surface area contributed by atoms with Gasteiger partial charge in [0.15, 0.2) is 0 Å². The van der Waals surface area contributed by atoms with Crippen LogP contribution >= 0.6 is 0 Å². The van der Waals surface area contributed by atoms with Crippen LogP contribution in [0.5, 0.6) is 0 Å². The number of fused-ring (bicyclic) bond motifs is 1. The molecule has 0 unspecified atom stereocenters. The van der Waals surface area contributed by atoms with Crippen molar-refractivity contribution in [3.05, 3.63) is 60.7 Å². The normalized spacial score (nSPS) is 10.8. The van der Waals surface area contributed by atoms with E-state index in [1.54, 1.807) is 6.20 Å². The fourth-order valence-electron chi connectivity index (χ4n) is 1.62. The van der Waals surface area contributed by atoms with Crippen molar-refractivity contribution in [2.75, 3.05) is 0 Å². The zero-order valence-corrected chi connectivity index (χ0v) is 10.9. The molecule has 0 aliphatic carbocycles. The average molecular weight is 288 g/mol. The molecule has 0 spiro atoms. The third-order valence-corrected chi connectivity index (χ3v) is 4.61. The zero-order chi connectivity index (χ0) is 11.5. The van der Waals surface area contributed by atoms with E-state index in [4.69, 9.17) is 0 Å². The Morgan fingerprint density at radius 2 is 2.00 bits per heavy atom. The van der Waals surface area contributed by atoms with Crippen LogP contribution in [0.25, 0.3) is 5.78 Å². The van der Waals surface area contributed by atoms with Crippen LogP contribution in [0.4, 0.5) is 0 Å². The SMILES string of the molecule is c1ccc([Se]Cc2cn3cccnc3n2)cc1. The summed E-state index contributed by atoms with van der Waals surface area (Å²) in [5.41, 5.74) is 1.12. The molecule has 1 aromatic carbocycles. The van der Waals surface area contributed by atoms with Crippen molar-refractivity contribution in [3.63, 3.8) is 0 Å². The number of hydrogen-bond donors (Lipinski definition) is 0. The summed E-state index contributed by atoms with van der Waals surface area (Å²) in [6.07, 6.45) is 5.82. The second-order valence-corrected chi connectivity index (χ2v) is 5.86. The van der Waals surface area contributed by atoms with Crippen LogP contribution in [-0.2, 0) is 5.32 Å². The predicted molar refractivity (Wildman–Crippen MR) is 68.5 cm³/mol. The van der Waals surface area contributed by atoms with Gasteiger partial charge >= 0.3 is 106 Å². The monoisotopic (exact) mass is 289 g/mol. The van der Waals surface area contributed by atoms with Crippen LogP contribution in [0.1, 0.15) is 5.69 Å². The van der Waals surface area contributed by atoms with Crippen LogP contribution in [0.15, 0.2) is 55.0 Å². The molecule has 0 N–H and O–H groups in total. The standard InChI is InChI=1S/C13H11N3Se/c1-2-5-12(6-3-1)17-10-11-9-16-8-4-7-14-13(16)15-11/h1-9H,10H2. The molecule has 0 atom stereocenters. The van der Waals surface area contributed by atoms with E-state index < -0.39 is 0 Å². The summed E-state index contributed by atoms with van der Waals surface area (Å²) in [7, 11) is 0. The maximum absolute atomic E-state index is 4.50. The van der Waals surface area contributed by atoms with Crippen molar-refractivity contribution in [1.29, 1.82) is 0 Å². The van der Waals surface area contributed by atoms with Crippen molar-refractivity contribution < 1.29 is 0 Å². The van der Waals surface area contributed by atoms with Crippen molar-refractivity contribution in [2.45, 2.75) is 5.32 Å². The van der Waals surface area contributed by atoms with Crippen LogP contribution in [-0.4, -0.2) is 29.3 Å². The number of imidazole rings is 1. The molecule has 3 rings (SSSR count). The van der Waals surface area contributed by atoms with E-state index in [1.165, 1.54) is 4.46 Å². The zero-order valence-electron chi connectivity index (χ0n) is 9.15. The Bertz CT molecular complexity index is 586. The van der Waals surface area contributed by atoms with Gasteiger partial charge in [-0.3, -0.25) is 0 Å². The molecule has 3 aromatic rings. The van der Waals surface area contributed by atoms with Gasteiger partial charge in [0.1, 0.15) is 0 Å². The van der Waals surface area contributed by atoms with E-state index in [-0.39, 0.29) is 0 Å². The third-order valence-electron chi connectivity index (χ3n) is 2.42. The first-order valence-corrected chi connectivity index (χ1v) is 7.45. The first-order chi connectivity index (χ1) is 8.42. The third kappa shape index (κ3) is 2.38. The molecule has 0 aliphatic rings. The fourth-order valence-corrected chi connectivity index (χ4v) is 3.31. The molecule has 3 nitrogen and oxygen atoms in total. The molecular weight excluding hydrogens is 277 g/mol. The Morgan fingerprint density at radius 1 is 1.12 bits per heavy atom. The first kappa shape index (κ1) is 10.5. The Kier molecular flexibility index (Phi) is 2.90. The van der Waals surface area contributed by atoms with Crippen LogP contribution < -0.4 is 4.46 Å². The molecule has 0 amide bonds. The van der Waals surface area contributed by atoms with E-state index in [1.807, 2.05) is 16.7 Å². The molecule has 2 aromatic heterocycles. The summed E-state index contributed by atoms with van der Waals surface area (Å²) in [6.45, 7) is 0. The summed E-state index contributed by atoms with van der Waals surface area (Å²) < 4.78 is 3.38. The van der Waals surface area contributed by atoms with Gasteiger partial charge in [-0.1, -0.05) is 0 Å². The maximum atomic E-state index is 4.50. The number of benzene rings is 1. The number of rotatable bonds is 3. The number of hydrogen-bond acceptors (Lipinski definition) is 2. The summed E-state index contributed by atoms with van der Waals surface area (Å²) in [4.78, 5) is 8.71. The number of nitrogens with zero attached hydrogens (tertiary/aromatic N) is 3. The van der Waals surface area contributed by atoms with E-state index in [0.717, 1.165) is 16.8 Å². The van der Waals surface area contributed by atoms with Crippen molar-refractivity contribution in [1.82, 2.24) is 14.4 Å². The topological polar surface area (TPSA) is 30.2 Å². The van der Waals surface area contributed by atoms with Gasteiger partial charge in [0.2, 0.25) is 0 Å². The molecule has 17 heavy (non-hydrogen) atoms.